The zero-order valence-electron chi connectivity index (χ0n) is 7.91. The van der Waals surface area contributed by atoms with Gasteiger partial charge in [0.05, 0.1) is 18.0 Å². The van der Waals surface area contributed by atoms with Crippen molar-refractivity contribution < 1.29 is 13.6 Å². The maximum atomic E-state index is 12.6. The summed E-state index contributed by atoms with van der Waals surface area (Å²) in [6.07, 6.45) is 2.31. The normalized spacial score (nSPS) is 10.1. The molecular weight excluding hydrogens is 235 g/mol. The van der Waals surface area contributed by atoms with Gasteiger partial charge in [-0.3, -0.25) is 4.79 Å². The maximum Gasteiger partial charge on any atom is 0.261 e. The molecule has 0 spiro atoms. The molecule has 0 aliphatic rings. The molecule has 1 N–H and O–H groups in total. The van der Waals surface area contributed by atoms with E-state index in [9.17, 15) is 9.18 Å². The highest BCUT2D eigenvalue weighted by Gasteiger charge is 2.13. The lowest BCUT2D eigenvalue weighted by Gasteiger charge is -2.01. The van der Waals surface area contributed by atoms with Crippen LogP contribution in [0.5, 0.6) is 0 Å². The molecule has 0 fully saturated rings. The summed E-state index contributed by atoms with van der Waals surface area (Å²) in [4.78, 5) is 15.3. The highest BCUT2D eigenvalue weighted by atomic mass is 35.5. The molecule has 0 saturated carbocycles. The number of amides is 1. The van der Waals surface area contributed by atoms with Gasteiger partial charge in [-0.2, -0.15) is 0 Å². The average Bonchev–Trinajstić information content (AvgIpc) is 2.68. The number of hydrogen-bond acceptors (Lipinski definition) is 3. The summed E-state index contributed by atoms with van der Waals surface area (Å²) < 4.78 is 17.3. The molecule has 82 valence electrons. The Kier molecular flexibility index (Phi) is 2.87. The van der Waals surface area contributed by atoms with Crippen molar-refractivity contribution in [3.8, 4) is 0 Å². The number of carbonyl (C=O) groups excluding carboxylic acids is 1. The number of halogens is 2. The molecule has 0 bridgehead atoms. The minimum Gasteiger partial charge on any atom is -0.452 e. The fourth-order valence-corrected chi connectivity index (χ4v) is 1.29. The number of rotatable bonds is 2. The second-order valence-electron chi connectivity index (χ2n) is 2.92. The van der Waals surface area contributed by atoms with E-state index in [4.69, 9.17) is 16.0 Å². The standard InChI is InChI=1S/C10H6ClFN2O2/c11-9-7(3-4-16-9)10(15)14-8-2-1-6(12)5-13-8/h1-5H,(H,13,14,15). The number of carbonyl (C=O) groups is 1. The van der Waals surface area contributed by atoms with Crippen LogP contribution in [0.15, 0.2) is 35.1 Å². The van der Waals surface area contributed by atoms with E-state index in [1.165, 1.54) is 24.5 Å². The van der Waals surface area contributed by atoms with E-state index in [-0.39, 0.29) is 16.6 Å². The van der Waals surface area contributed by atoms with Gasteiger partial charge >= 0.3 is 0 Å². The van der Waals surface area contributed by atoms with Crippen molar-refractivity contribution in [3.63, 3.8) is 0 Å². The third kappa shape index (κ3) is 2.20. The average molecular weight is 241 g/mol. The third-order valence-corrected chi connectivity index (χ3v) is 2.12. The first-order valence-electron chi connectivity index (χ1n) is 4.33. The van der Waals surface area contributed by atoms with Crippen LogP contribution in [-0.2, 0) is 0 Å². The zero-order chi connectivity index (χ0) is 11.5. The summed E-state index contributed by atoms with van der Waals surface area (Å²) >= 11 is 5.62. The van der Waals surface area contributed by atoms with Gasteiger partial charge < -0.3 is 9.73 Å². The van der Waals surface area contributed by atoms with Crippen LogP contribution < -0.4 is 5.32 Å². The Balaban J connectivity index is 2.14. The lowest BCUT2D eigenvalue weighted by Crippen LogP contribution is -2.12. The summed E-state index contributed by atoms with van der Waals surface area (Å²) in [6.45, 7) is 0. The number of pyridine rings is 1. The molecule has 1 amide bonds. The molecule has 0 radical (unpaired) electrons. The number of anilines is 1. The molecular formula is C10H6ClFN2O2. The fraction of sp³-hybridized carbons (Fsp3) is 0. The molecule has 2 aromatic rings. The van der Waals surface area contributed by atoms with Gasteiger partial charge in [-0.25, -0.2) is 9.37 Å². The van der Waals surface area contributed by atoms with E-state index in [1.54, 1.807) is 0 Å². The monoisotopic (exact) mass is 240 g/mol. The molecule has 2 aromatic heterocycles. The van der Waals surface area contributed by atoms with Crippen molar-refractivity contribution in [2.75, 3.05) is 5.32 Å². The fourth-order valence-electron chi connectivity index (χ4n) is 1.09. The van der Waals surface area contributed by atoms with Crippen LogP contribution >= 0.6 is 11.6 Å². The van der Waals surface area contributed by atoms with E-state index in [0.717, 1.165) is 6.20 Å². The predicted molar refractivity (Wildman–Crippen MR) is 55.9 cm³/mol. The third-order valence-electron chi connectivity index (χ3n) is 1.83. The Hall–Kier alpha value is -1.88. The predicted octanol–water partition coefficient (Wildman–Crippen LogP) is 2.72. The first-order chi connectivity index (χ1) is 7.66. The molecule has 0 unspecified atom stereocenters. The zero-order valence-corrected chi connectivity index (χ0v) is 8.66. The van der Waals surface area contributed by atoms with Crippen LogP contribution in [0.4, 0.5) is 10.2 Å². The van der Waals surface area contributed by atoms with Gasteiger partial charge in [-0.05, 0) is 29.8 Å². The van der Waals surface area contributed by atoms with Crippen molar-refractivity contribution >= 4 is 23.3 Å². The quantitative estimate of drug-likeness (QED) is 0.878. The first-order valence-corrected chi connectivity index (χ1v) is 4.70. The number of nitrogens with zero attached hydrogens (tertiary/aromatic N) is 1. The summed E-state index contributed by atoms with van der Waals surface area (Å²) in [6, 6.07) is 3.97. The minimum atomic E-state index is -0.473. The van der Waals surface area contributed by atoms with Crippen LogP contribution in [0, 0.1) is 5.82 Å². The number of furan rings is 1. The second kappa shape index (κ2) is 4.32. The summed E-state index contributed by atoms with van der Waals surface area (Å²) in [5.74, 6) is -0.694. The SMILES string of the molecule is O=C(Nc1ccc(F)cn1)c1ccoc1Cl. The van der Waals surface area contributed by atoms with Crippen LogP contribution in [0.25, 0.3) is 0 Å². The Morgan fingerprint density at radius 2 is 2.25 bits per heavy atom. The van der Waals surface area contributed by atoms with E-state index >= 15 is 0 Å². The van der Waals surface area contributed by atoms with Crippen molar-refractivity contribution in [1.29, 1.82) is 0 Å². The molecule has 0 saturated heterocycles. The van der Waals surface area contributed by atoms with E-state index in [0.29, 0.717) is 0 Å². The number of hydrogen-bond donors (Lipinski definition) is 1. The van der Waals surface area contributed by atoms with Crippen LogP contribution in [0.1, 0.15) is 10.4 Å². The van der Waals surface area contributed by atoms with Crippen LogP contribution in [0.3, 0.4) is 0 Å². The van der Waals surface area contributed by atoms with Crippen molar-refractivity contribution in [2.24, 2.45) is 0 Å². The second-order valence-corrected chi connectivity index (χ2v) is 3.27. The Morgan fingerprint density at radius 1 is 1.44 bits per heavy atom. The van der Waals surface area contributed by atoms with Crippen molar-refractivity contribution in [2.45, 2.75) is 0 Å². The van der Waals surface area contributed by atoms with Crippen molar-refractivity contribution in [3.05, 3.63) is 47.3 Å². The molecule has 2 heterocycles. The molecule has 0 aliphatic heterocycles. The minimum absolute atomic E-state index is 0.000360. The lowest BCUT2D eigenvalue weighted by atomic mass is 10.3. The van der Waals surface area contributed by atoms with E-state index < -0.39 is 11.7 Å². The van der Waals surface area contributed by atoms with Gasteiger partial charge in [0.15, 0.2) is 0 Å². The summed E-state index contributed by atoms with van der Waals surface area (Å²) in [5, 5.41) is 2.45. The first kappa shape index (κ1) is 10.6. The molecule has 4 nitrogen and oxygen atoms in total. The van der Waals surface area contributed by atoms with Gasteiger partial charge in [0, 0.05) is 0 Å². The van der Waals surface area contributed by atoms with Crippen LogP contribution in [-0.4, -0.2) is 10.9 Å². The molecule has 2 rings (SSSR count). The smallest absolute Gasteiger partial charge is 0.261 e. The van der Waals surface area contributed by atoms with Gasteiger partial charge in [0.2, 0.25) is 5.22 Å². The number of nitrogens with one attached hydrogen (secondary N) is 1. The lowest BCUT2D eigenvalue weighted by molar-refractivity contribution is 0.102. The maximum absolute atomic E-state index is 12.6. The number of aromatic nitrogens is 1. The van der Waals surface area contributed by atoms with Crippen molar-refractivity contribution in [1.82, 2.24) is 4.98 Å². The molecule has 0 aliphatic carbocycles. The Bertz CT molecular complexity index is 510. The summed E-state index contributed by atoms with van der Waals surface area (Å²) in [7, 11) is 0. The largest absolute Gasteiger partial charge is 0.452 e. The van der Waals surface area contributed by atoms with Gasteiger partial charge in [-0.1, -0.05) is 0 Å². The van der Waals surface area contributed by atoms with E-state index in [1.807, 2.05) is 0 Å². The summed E-state index contributed by atoms with van der Waals surface area (Å²) in [5.41, 5.74) is 0.202. The highest BCUT2D eigenvalue weighted by Crippen LogP contribution is 2.17. The topological polar surface area (TPSA) is 55.1 Å². The van der Waals surface area contributed by atoms with E-state index in [2.05, 4.69) is 10.3 Å². The van der Waals surface area contributed by atoms with Gasteiger partial charge in [0.1, 0.15) is 11.6 Å². The molecule has 16 heavy (non-hydrogen) atoms. The van der Waals surface area contributed by atoms with Gasteiger partial charge in [-0.15, -0.1) is 0 Å². The molecule has 0 aromatic carbocycles. The Morgan fingerprint density at radius 3 is 2.81 bits per heavy atom. The van der Waals surface area contributed by atoms with Gasteiger partial charge in [0.25, 0.3) is 5.91 Å². The van der Waals surface area contributed by atoms with Crippen LogP contribution in [0.2, 0.25) is 5.22 Å². The Labute approximate surface area is 95.0 Å². The molecule has 6 heteroatoms. The molecule has 0 atom stereocenters. The highest BCUT2D eigenvalue weighted by molar-refractivity contribution is 6.32.